The van der Waals surface area contributed by atoms with Gasteiger partial charge in [0.25, 0.3) is 0 Å². The summed E-state index contributed by atoms with van der Waals surface area (Å²) >= 11 is 5.20. The largest absolute Gasteiger partial charge is 0.368 e. The van der Waals surface area contributed by atoms with E-state index in [1.54, 1.807) is 24.3 Å². The molecule has 11 heteroatoms. The molecule has 0 atom stereocenters. The fourth-order valence-electron chi connectivity index (χ4n) is 3.93. The van der Waals surface area contributed by atoms with Crippen molar-refractivity contribution >= 4 is 40.3 Å². The van der Waals surface area contributed by atoms with Gasteiger partial charge in [0.1, 0.15) is 5.69 Å². The predicted octanol–water partition coefficient (Wildman–Crippen LogP) is 4.76. The molecular formula is C25H21F5N4OS. The maximum atomic E-state index is 14.1. The predicted molar refractivity (Wildman–Crippen MR) is 132 cm³/mol. The number of nitrogens with one attached hydrogen (secondary N) is 2. The molecule has 0 saturated carbocycles. The van der Waals surface area contributed by atoms with Crippen molar-refractivity contribution in [2.45, 2.75) is 6.42 Å². The lowest BCUT2D eigenvalue weighted by atomic mass is 10.1. The summed E-state index contributed by atoms with van der Waals surface area (Å²) in [5.41, 5.74) is 1.40. The first-order valence-electron chi connectivity index (χ1n) is 11.0. The summed E-state index contributed by atoms with van der Waals surface area (Å²) in [5.74, 6) is -9.99. The van der Waals surface area contributed by atoms with E-state index in [1.165, 1.54) is 0 Å². The number of piperazine rings is 1. The van der Waals surface area contributed by atoms with Crippen molar-refractivity contribution < 1.29 is 26.7 Å². The van der Waals surface area contributed by atoms with Crippen LogP contribution in [0.5, 0.6) is 0 Å². The van der Waals surface area contributed by atoms with E-state index in [2.05, 4.69) is 10.6 Å². The number of carbonyl (C=O) groups excluding carboxylic acids is 1. The Hall–Kier alpha value is -3.73. The van der Waals surface area contributed by atoms with E-state index in [9.17, 15) is 26.7 Å². The second-order valence-electron chi connectivity index (χ2n) is 8.10. The maximum Gasteiger partial charge on any atom is 0.230 e. The minimum Gasteiger partial charge on any atom is -0.368 e. The molecule has 1 heterocycles. The van der Waals surface area contributed by atoms with Gasteiger partial charge in [-0.15, -0.1) is 0 Å². The molecule has 0 spiro atoms. The summed E-state index contributed by atoms with van der Waals surface area (Å²) in [6.45, 7) is 0.742. The summed E-state index contributed by atoms with van der Waals surface area (Å²) in [5, 5.41) is 5.71. The molecule has 5 nitrogen and oxygen atoms in total. The van der Waals surface area contributed by atoms with Gasteiger partial charge < -0.3 is 20.4 Å². The SMILES string of the molecule is O=C(Cc1ccccc1)NC(=S)Nc1ccc(N2CCN(c3c(F)c(F)c(F)c(F)c3F)CC2)cc1. The lowest BCUT2D eigenvalue weighted by Crippen LogP contribution is -2.47. The van der Waals surface area contributed by atoms with Crippen LogP contribution in [0.1, 0.15) is 5.56 Å². The first-order chi connectivity index (χ1) is 17.2. The summed E-state index contributed by atoms with van der Waals surface area (Å²) in [4.78, 5) is 15.2. The number of amides is 1. The number of carbonyl (C=O) groups is 1. The lowest BCUT2D eigenvalue weighted by Gasteiger charge is -2.37. The Morgan fingerprint density at radius 1 is 0.750 bits per heavy atom. The number of hydrogen-bond acceptors (Lipinski definition) is 4. The zero-order chi connectivity index (χ0) is 25.8. The maximum absolute atomic E-state index is 14.1. The Morgan fingerprint density at radius 3 is 1.86 bits per heavy atom. The first kappa shape index (κ1) is 25.4. The molecular weight excluding hydrogens is 499 g/mol. The van der Waals surface area contributed by atoms with Gasteiger partial charge in [-0.1, -0.05) is 30.3 Å². The zero-order valence-corrected chi connectivity index (χ0v) is 19.6. The van der Waals surface area contributed by atoms with Crippen molar-refractivity contribution in [3.8, 4) is 0 Å². The van der Waals surface area contributed by atoms with Gasteiger partial charge in [-0.3, -0.25) is 4.79 Å². The van der Waals surface area contributed by atoms with Crippen LogP contribution in [0.4, 0.5) is 39.0 Å². The Bertz CT molecular complexity index is 1240. The van der Waals surface area contributed by atoms with Gasteiger partial charge in [0.2, 0.25) is 11.7 Å². The Balaban J connectivity index is 1.32. The number of nitrogens with zero attached hydrogens (tertiary/aromatic N) is 2. The van der Waals surface area contributed by atoms with E-state index in [1.807, 2.05) is 35.2 Å². The second kappa shape index (κ2) is 10.9. The standard InChI is InChI=1S/C25H21F5N4OS/c26-19-20(27)22(29)24(23(30)21(19)28)34-12-10-33(11-13-34)17-8-6-16(7-9-17)31-25(36)32-18(35)14-15-4-2-1-3-5-15/h1-9H,10-14H2,(H2,31,32,35,36). The van der Waals surface area contributed by atoms with Crippen LogP contribution in [0.2, 0.25) is 0 Å². The minimum absolute atomic E-state index is 0.0654. The highest BCUT2D eigenvalue weighted by Crippen LogP contribution is 2.31. The van der Waals surface area contributed by atoms with Gasteiger partial charge in [-0.2, -0.15) is 0 Å². The Labute approximate surface area is 209 Å². The monoisotopic (exact) mass is 520 g/mol. The summed E-state index contributed by atoms with van der Waals surface area (Å²) < 4.78 is 68.7. The average molecular weight is 521 g/mol. The number of anilines is 3. The van der Waals surface area contributed by atoms with Gasteiger partial charge in [0.05, 0.1) is 6.42 Å². The van der Waals surface area contributed by atoms with E-state index in [0.717, 1.165) is 16.2 Å². The third-order valence-electron chi connectivity index (χ3n) is 5.73. The average Bonchev–Trinajstić information content (AvgIpc) is 2.88. The quantitative estimate of drug-likeness (QED) is 0.220. The first-order valence-corrected chi connectivity index (χ1v) is 11.4. The van der Waals surface area contributed by atoms with Gasteiger partial charge in [0, 0.05) is 37.6 Å². The lowest BCUT2D eigenvalue weighted by molar-refractivity contribution is -0.119. The smallest absolute Gasteiger partial charge is 0.230 e. The molecule has 1 amide bonds. The van der Waals surface area contributed by atoms with Crippen LogP contribution in [0.3, 0.4) is 0 Å². The summed E-state index contributed by atoms with van der Waals surface area (Å²) in [6, 6.07) is 16.3. The summed E-state index contributed by atoms with van der Waals surface area (Å²) in [7, 11) is 0. The molecule has 0 bridgehead atoms. The molecule has 0 unspecified atom stereocenters. The van der Waals surface area contributed by atoms with Crippen molar-refractivity contribution in [3.05, 3.63) is 89.2 Å². The highest BCUT2D eigenvalue weighted by atomic mass is 32.1. The molecule has 3 aromatic rings. The molecule has 1 fully saturated rings. The highest BCUT2D eigenvalue weighted by Gasteiger charge is 2.30. The van der Waals surface area contributed by atoms with Gasteiger partial charge in [-0.25, -0.2) is 22.0 Å². The third-order valence-corrected chi connectivity index (χ3v) is 5.94. The van der Waals surface area contributed by atoms with E-state index >= 15 is 0 Å². The molecule has 188 valence electrons. The number of thiocarbonyl (C=S) groups is 1. The molecule has 36 heavy (non-hydrogen) atoms. The molecule has 0 radical (unpaired) electrons. The van der Waals surface area contributed by atoms with Crippen molar-refractivity contribution in [2.75, 3.05) is 41.3 Å². The molecule has 1 aliphatic rings. The molecule has 3 aromatic carbocycles. The van der Waals surface area contributed by atoms with Crippen LogP contribution < -0.4 is 20.4 Å². The third kappa shape index (κ3) is 5.56. The molecule has 0 aromatic heterocycles. The number of hydrogen-bond donors (Lipinski definition) is 2. The fraction of sp³-hybridized carbons (Fsp3) is 0.200. The van der Waals surface area contributed by atoms with Gasteiger partial charge in [0.15, 0.2) is 28.4 Å². The van der Waals surface area contributed by atoms with Crippen LogP contribution in [-0.4, -0.2) is 37.2 Å². The van der Waals surface area contributed by atoms with Crippen molar-refractivity contribution in [1.29, 1.82) is 0 Å². The van der Waals surface area contributed by atoms with Crippen LogP contribution >= 0.6 is 12.2 Å². The normalized spacial score (nSPS) is 13.5. The van der Waals surface area contributed by atoms with E-state index in [4.69, 9.17) is 12.2 Å². The van der Waals surface area contributed by atoms with E-state index < -0.39 is 34.8 Å². The van der Waals surface area contributed by atoms with Crippen molar-refractivity contribution in [1.82, 2.24) is 5.32 Å². The van der Waals surface area contributed by atoms with Crippen LogP contribution in [0.15, 0.2) is 54.6 Å². The van der Waals surface area contributed by atoms with Crippen LogP contribution in [-0.2, 0) is 11.2 Å². The van der Waals surface area contributed by atoms with Gasteiger partial charge >= 0.3 is 0 Å². The second-order valence-corrected chi connectivity index (χ2v) is 8.51. The number of halogens is 5. The molecule has 1 saturated heterocycles. The van der Waals surface area contributed by atoms with Crippen LogP contribution in [0, 0.1) is 29.1 Å². The minimum atomic E-state index is -2.17. The number of rotatable bonds is 5. The molecule has 2 N–H and O–H groups in total. The summed E-state index contributed by atoms with van der Waals surface area (Å²) in [6.07, 6.45) is 0.193. The van der Waals surface area contributed by atoms with Crippen molar-refractivity contribution in [2.24, 2.45) is 0 Å². The topological polar surface area (TPSA) is 47.6 Å². The van der Waals surface area contributed by atoms with Crippen LogP contribution in [0.25, 0.3) is 0 Å². The highest BCUT2D eigenvalue weighted by molar-refractivity contribution is 7.80. The molecule has 4 rings (SSSR count). The fourth-order valence-corrected chi connectivity index (χ4v) is 4.16. The Morgan fingerprint density at radius 2 is 1.28 bits per heavy atom. The molecule has 0 aliphatic carbocycles. The Kier molecular flexibility index (Phi) is 7.68. The zero-order valence-electron chi connectivity index (χ0n) is 18.8. The molecule has 1 aliphatic heterocycles. The number of benzene rings is 3. The van der Waals surface area contributed by atoms with Crippen molar-refractivity contribution in [3.63, 3.8) is 0 Å². The van der Waals surface area contributed by atoms with E-state index in [-0.39, 0.29) is 30.5 Å². The van der Waals surface area contributed by atoms with E-state index in [0.29, 0.717) is 18.8 Å². The van der Waals surface area contributed by atoms with Gasteiger partial charge in [-0.05, 0) is 42.0 Å².